The summed E-state index contributed by atoms with van der Waals surface area (Å²) in [6.45, 7) is 4.77. The van der Waals surface area contributed by atoms with Gasteiger partial charge in [0.2, 0.25) is 0 Å². The van der Waals surface area contributed by atoms with Crippen LogP contribution in [0.5, 0.6) is 0 Å². The van der Waals surface area contributed by atoms with Gasteiger partial charge in [-0.2, -0.15) is 0 Å². The molecule has 0 aliphatic rings. The van der Waals surface area contributed by atoms with Crippen molar-refractivity contribution in [2.24, 2.45) is 5.73 Å². The summed E-state index contributed by atoms with van der Waals surface area (Å²) >= 11 is 0. The maximum absolute atomic E-state index is 11.5. The SMILES string of the molecule is CCC(N)C(=O)Cc1nccn1CC. The predicted molar refractivity (Wildman–Crippen MR) is 54.9 cm³/mol. The summed E-state index contributed by atoms with van der Waals surface area (Å²) in [5, 5.41) is 0. The van der Waals surface area contributed by atoms with Crippen molar-refractivity contribution in [1.82, 2.24) is 9.55 Å². The van der Waals surface area contributed by atoms with Crippen LogP contribution in [0.4, 0.5) is 0 Å². The Morgan fingerprint density at radius 2 is 2.36 bits per heavy atom. The predicted octanol–water partition coefficient (Wildman–Crippen LogP) is 0.752. The Morgan fingerprint density at radius 3 is 2.93 bits per heavy atom. The highest BCUT2D eigenvalue weighted by Crippen LogP contribution is 2.01. The summed E-state index contributed by atoms with van der Waals surface area (Å²) in [4.78, 5) is 15.7. The lowest BCUT2D eigenvalue weighted by Gasteiger charge is -2.08. The maximum Gasteiger partial charge on any atom is 0.157 e. The molecule has 0 spiro atoms. The Kier molecular flexibility index (Phi) is 3.83. The van der Waals surface area contributed by atoms with Crippen LogP contribution in [0.2, 0.25) is 0 Å². The van der Waals surface area contributed by atoms with Gasteiger partial charge in [-0.05, 0) is 13.3 Å². The van der Waals surface area contributed by atoms with Crippen LogP contribution in [0.1, 0.15) is 26.1 Å². The van der Waals surface area contributed by atoms with Crippen LogP contribution in [0, 0.1) is 0 Å². The normalized spacial score (nSPS) is 12.8. The quantitative estimate of drug-likeness (QED) is 0.754. The Bertz CT molecular complexity index is 306. The van der Waals surface area contributed by atoms with Crippen molar-refractivity contribution in [1.29, 1.82) is 0 Å². The Balaban J connectivity index is 2.64. The van der Waals surface area contributed by atoms with Crippen LogP contribution in [0.3, 0.4) is 0 Å². The first-order valence-electron chi connectivity index (χ1n) is 4.97. The molecular weight excluding hydrogens is 178 g/mol. The van der Waals surface area contributed by atoms with E-state index in [2.05, 4.69) is 4.98 Å². The molecule has 1 atom stereocenters. The van der Waals surface area contributed by atoms with Gasteiger partial charge < -0.3 is 10.3 Å². The molecule has 0 bridgehead atoms. The van der Waals surface area contributed by atoms with Gasteiger partial charge in [-0.15, -0.1) is 0 Å². The highest BCUT2D eigenvalue weighted by molar-refractivity contribution is 5.85. The third-order valence-corrected chi connectivity index (χ3v) is 2.33. The molecule has 1 aromatic rings. The Morgan fingerprint density at radius 1 is 1.64 bits per heavy atom. The topological polar surface area (TPSA) is 60.9 Å². The monoisotopic (exact) mass is 195 g/mol. The van der Waals surface area contributed by atoms with E-state index in [0.29, 0.717) is 12.8 Å². The van der Waals surface area contributed by atoms with Gasteiger partial charge in [0.1, 0.15) is 5.82 Å². The molecule has 4 nitrogen and oxygen atoms in total. The largest absolute Gasteiger partial charge is 0.335 e. The van der Waals surface area contributed by atoms with Gasteiger partial charge in [-0.1, -0.05) is 6.92 Å². The number of hydrogen-bond donors (Lipinski definition) is 1. The molecule has 1 heterocycles. The molecule has 1 unspecified atom stereocenters. The van der Waals surface area contributed by atoms with Crippen molar-refractivity contribution in [2.75, 3.05) is 0 Å². The first-order chi connectivity index (χ1) is 6.69. The summed E-state index contributed by atoms with van der Waals surface area (Å²) in [6, 6.07) is -0.350. The lowest BCUT2D eigenvalue weighted by molar-refractivity contribution is -0.119. The fraction of sp³-hybridized carbons (Fsp3) is 0.600. The third kappa shape index (κ3) is 2.42. The molecule has 14 heavy (non-hydrogen) atoms. The molecule has 0 saturated heterocycles. The molecule has 78 valence electrons. The summed E-state index contributed by atoms with van der Waals surface area (Å²) in [5.74, 6) is 0.870. The molecule has 0 amide bonds. The van der Waals surface area contributed by atoms with Gasteiger partial charge in [0.25, 0.3) is 0 Å². The molecule has 0 aliphatic carbocycles. The van der Waals surface area contributed by atoms with E-state index in [0.717, 1.165) is 12.4 Å². The minimum atomic E-state index is -0.350. The number of aromatic nitrogens is 2. The van der Waals surface area contributed by atoms with Crippen molar-refractivity contribution in [2.45, 2.75) is 39.3 Å². The molecule has 0 aliphatic heterocycles. The second kappa shape index (κ2) is 4.91. The summed E-state index contributed by atoms with van der Waals surface area (Å²) in [5.41, 5.74) is 5.64. The van der Waals surface area contributed by atoms with Gasteiger partial charge >= 0.3 is 0 Å². The van der Waals surface area contributed by atoms with Crippen molar-refractivity contribution in [3.8, 4) is 0 Å². The van der Waals surface area contributed by atoms with Crippen LogP contribution in [0.15, 0.2) is 12.4 Å². The van der Waals surface area contributed by atoms with Crippen LogP contribution >= 0.6 is 0 Å². The standard InChI is InChI=1S/C10H17N3O/c1-3-8(11)9(14)7-10-12-5-6-13(10)4-2/h5-6,8H,3-4,7,11H2,1-2H3. The number of carbonyl (C=O) groups excluding carboxylic acids is 1. The van der Waals surface area contributed by atoms with E-state index in [-0.39, 0.29) is 11.8 Å². The first kappa shape index (κ1) is 10.9. The number of hydrogen-bond acceptors (Lipinski definition) is 3. The lowest BCUT2D eigenvalue weighted by Crippen LogP contribution is -2.31. The molecule has 1 aromatic heterocycles. The van der Waals surface area contributed by atoms with E-state index in [4.69, 9.17) is 5.73 Å². The smallest absolute Gasteiger partial charge is 0.157 e. The van der Waals surface area contributed by atoms with Crippen molar-refractivity contribution in [3.63, 3.8) is 0 Å². The van der Waals surface area contributed by atoms with E-state index >= 15 is 0 Å². The summed E-state index contributed by atoms with van der Waals surface area (Å²) < 4.78 is 1.96. The van der Waals surface area contributed by atoms with E-state index in [1.54, 1.807) is 6.20 Å². The molecule has 4 heteroatoms. The number of nitrogens with zero attached hydrogens (tertiary/aromatic N) is 2. The number of rotatable bonds is 5. The molecule has 0 saturated carbocycles. The van der Waals surface area contributed by atoms with Crippen LogP contribution in [0.25, 0.3) is 0 Å². The molecule has 0 radical (unpaired) electrons. The fourth-order valence-corrected chi connectivity index (χ4v) is 1.31. The van der Waals surface area contributed by atoms with Gasteiger partial charge in [-0.3, -0.25) is 4.79 Å². The van der Waals surface area contributed by atoms with E-state index in [9.17, 15) is 4.79 Å². The number of carbonyl (C=O) groups is 1. The van der Waals surface area contributed by atoms with Crippen LogP contribution in [-0.2, 0) is 17.8 Å². The van der Waals surface area contributed by atoms with Gasteiger partial charge in [0.05, 0.1) is 12.5 Å². The molecule has 0 aromatic carbocycles. The zero-order valence-electron chi connectivity index (χ0n) is 8.73. The number of aryl methyl sites for hydroxylation is 1. The molecular formula is C10H17N3O. The third-order valence-electron chi connectivity index (χ3n) is 2.33. The number of imidazole rings is 1. The minimum absolute atomic E-state index is 0.0633. The lowest BCUT2D eigenvalue weighted by atomic mass is 10.1. The van der Waals surface area contributed by atoms with Gasteiger partial charge in [-0.25, -0.2) is 4.98 Å². The highest BCUT2D eigenvalue weighted by atomic mass is 16.1. The average Bonchev–Trinajstić information content (AvgIpc) is 2.63. The summed E-state index contributed by atoms with van der Waals surface area (Å²) in [6.07, 6.45) is 4.62. The Hall–Kier alpha value is -1.16. The highest BCUT2D eigenvalue weighted by Gasteiger charge is 2.14. The zero-order valence-corrected chi connectivity index (χ0v) is 8.73. The molecule has 1 rings (SSSR count). The van der Waals surface area contributed by atoms with Crippen LogP contribution < -0.4 is 5.73 Å². The summed E-state index contributed by atoms with van der Waals surface area (Å²) in [7, 11) is 0. The van der Waals surface area contributed by atoms with E-state index in [1.807, 2.05) is 24.6 Å². The van der Waals surface area contributed by atoms with Crippen molar-refractivity contribution < 1.29 is 4.79 Å². The molecule has 0 fully saturated rings. The number of ketones is 1. The van der Waals surface area contributed by atoms with Crippen molar-refractivity contribution >= 4 is 5.78 Å². The fourth-order valence-electron chi connectivity index (χ4n) is 1.31. The zero-order chi connectivity index (χ0) is 10.6. The minimum Gasteiger partial charge on any atom is -0.335 e. The van der Waals surface area contributed by atoms with E-state index in [1.165, 1.54) is 0 Å². The second-order valence-electron chi connectivity index (χ2n) is 3.29. The molecule has 2 N–H and O–H groups in total. The average molecular weight is 195 g/mol. The van der Waals surface area contributed by atoms with Crippen LogP contribution in [-0.4, -0.2) is 21.4 Å². The van der Waals surface area contributed by atoms with E-state index < -0.39 is 0 Å². The number of Topliss-reactive ketones (excluding diaryl/α,β-unsaturated/α-hetero) is 1. The van der Waals surface area contributed by atoms with Gasteiger partial charge in [0, 0.05) is 18.9 Å². The first-order valence-corrected chi connectivity index (χ1v) is 4.97. The van der Waals surface area contributed by atoms with Gasteiger partial charge in [0.15, 0.2) is 5.78 Å². The maximum atomic E-state index is 11.5. The Labute approximate surface area is 84.1 Å². The number of nitrogens with two attached hydrogens (primary N) is 1. The van der Waals surface area contributed by atoms with Crippen molar-refractivity contribution in [3.05, 3.63) is 18.2 Å². The second-order valence-corrected chi connectivity index (χ2v) is 3.29.